The molecule has 3 N–H and O–H groups in total. The van der Waals surface area contributed by atoms with Gasteiger partial charge in [-0.15, -0.1) is 0 Å². The monoisotopic (exact) mass is 212 g/mol. The summed E-state index contributed by atoms with van der Waals surface area (Å²) in [5, 5.41) is 8.99. The van der Waals surface area contributed by atoms with Crippen molar-refractivity contribution in [3.63, 3.8) is 0 Å². The van der Waals surface area contributed by atoms with E-state index in [1.54, 1.807) is 0 Å². The number of nitrogens with zero attached hydrogens (tertiary/aromatic N) is 1. The van der Waals surface area contributed by atoms with E-state index in [2.05, 4.69) is 11.8 Å². The van der Waals surface area contributed by atoms with Gasteiger partial charge in [-0.05, 0) is 44.4 Å². The first-order valence-electron chi connectivity index (χ1n) is 6.31. The molecule has 0 aromatic rings. The highest BCUT2D eigenvalue weighted by Crippen LogP contribution is 2.36. The molecule has 2 rings (SSSR count). The Bertz CT molecular complexity index is 206. The highest BCUT2D eigenvalue weighted by molar-refractivity contribution is 4.90. The van der Waals surface area contributed by atoms with E-state index < -0.39 is 0 Å². The molecule has 0 aromatic carbocycles. The number of aliphatic hydroxyl groups excluding tert-OH is 1. The van der Waals surface area contributed by atoms with E-state index in [9.17, 15) is 0 Å². The first-order chi connectivity index (χ1) is 7.20. The summed E-state index contributed by atoms with van der Waals surface area (Å²) in [6.45, 7) is 4.85. The van der Waals surface area contributed by atoms with Gasteiger partial charge in [-0.2, -0.15) is 0 Å². The molecule has 0 radical (unpaired) electrons. The van der Waals surface area contributed by atoms with Crippen LogP contribution < -0.4 is 5.73 Å². The van der Waals surface area contributed by atoms with Gasteiger partial charge in [0.05, 0.1) is 0 Å². The third-order valence-electron chi connectivity index (χ3n) is 4.02. The number of aliphatic hydroxyl groups is 1. The number of hydrogen-bond donors (Lipinski definition) is 2. The molecule has 3 unspecified atom stereocenters. The summed E-state index contributed by atoms with van der Waals surface area (Å²) in [7, 11) is 0. The van der Waals surface area contributed by atoms with Crippen molar-refractivity contribution in [1.82, 2.24) is 4.90 Å². The van der Waals surface area contributed by atoms with Crippen molar-refractivity contribution in [3.8, 4) is 0 Å². The Hall–Kier alpha value is -0.120. The highest BCUT2D eigenvalue weighted by atomic mass is 16.3. The van der Waals surface area contributed by atoms with Crippen LogP contribution in [0.4, 0.5) is 0 Å². The fourth-order valence-corrected chi connectivity index (χ4v) is 2.89. The molecule has 0 bridgehead atoms. The Balaban J connectivity index is 1.87. The van der Waals surface area contributed by atoms with Crippen LogP contribution in [-0.2, 0) is 0 Å². The van der Waals surface area contributed by atoms with Gasteiger partial charge in [-0.1, -0.05) is 0 Å². The van der Waals surface area contributed by atoms with Crippen molar-refractivity contribution < 1.29 is 5.11 Å². The minimum Gasteiger partial charge on any atom is -0.396 e. The number of likely N-dealkylation sites (tertiary alicyclic amines) is 1. The maximum Gasteiger partial charge on any atom is 0.0434 e. The minimum atomic E-state index is 0.309. The van der Waals surface area contributed by atoms with E-state index >= 15 is 0 Å². The van der Waals surface area contributed by atoms with Crippen molar-refractivity contribution in [2.24, 2.45) is 17.6 Å². The van der Waals surface area contributed by atoms with Crippen LogP contribution in [0.2, 0.25) is 0 Å². The van der Waals surface area contributed by atoms with Gasteiger partial charge >= 0.3 is 0 Å². The second kappa shape index (κ2) is 4.81. The van der Waals surface area contributed by atoms with Crippen molar-refractivity contribution in [2.45, 2.75) is 44.7 Å². The van der Waals surface area contributed by atoms with E-state index in [4.69, 9.17) is 10.8 Å². The Kier molecular flexibility index (Phi) is 3.65. The second-order valence-corrected chi connectivity index (χ2v) is 5.41. The lowest BCUT2D eigenvalue weighted by Gasteiger charge is -2.40. The quantitative estimate of drug-likeness (QED) is 0.725. The molecule has 3 heteroatoms. The zero-order valence-corrected chi connectivity index (χ0v) is 9.73. The third-order valence-corrected chi connectivity index (χ3v) is 4.02. The summed E-state index contributed by atoms with van der Waals surface area (Å²) < 4.78 is 0. The van der Waals surface area contributed by atoms with Crippen molar-refractivity contribution in [2.75, 3.05) is 19.7 Å². The predicted molar refractivity (Wildman–Crippen MR) is 61.5 cm³/mol. The van der Waals surface area contributed by atoms with E-state index in [-0.39, 0.29) is 0 Å². The number of hydrogen-bond acceptors (Lipinski definition) is 3. The maximum atomic E-state index is 8.99. The summed E-state index contributed by atoms with van der Waals surface area (Å²) in [5.74, 6) is 1.53. The van der Waals surface area contributed by atoms with Gasteiger partial charge < -0.3 is 10.8 Å². The average molecular weight is 212 g/mol. The molecule has 1 heterocycles. The molecule has 1 saturated heterocycles. The molecule has 88 valence electrons. The van der Waals surface area contributed by atoms with E-state index in [0.717, 1.165) is 31.8 Å². The Labute approximate surface area is 92.6 Å². The molecule has 0 spiro atoms. The zero-order chi connectivity index (χ0) is 10.8. The summed E-state index contributed by atoms with van der Waals surface area (Å²) >= 11 is 0. The number of rotatable bonds is 4. The Morgan fingerprint density at radius 2 is 2.13 bits per heavy atom. The highest BCUT2D eigenvalue weighted by Gasteiger charge is 2.35. The van der Waals surface area contributed by atoms with E-state index in [0.29, 0.717) is 24.6 Å². The molecule has 2 fully saturated rings. The standard InChI is InChI=1S/C12H24N2O/c1-9(11-2-3-11)14-7-10(4-5-15)6-12(13)8-14/h9-12,15H,2-8,13H2,1H3. The van der Waals surface area contributed by atoms with Crippen LogP contribution in [0.1, 0.15) is 32.6 Å². The molecule has 0 aromatic heterocycles. The smallest absolute Gasteiger partial charge is 0.0434 e. The van der Waals surface area contributed by atoms with Crippen molar-refractivity contribution >= 4 is 0 Å². The van der Waals surface area contributed by atoms with E-state index in [1.165, 1.54) is 12.8 Å². The topological polar surface area (TPSA) is 49.5 Å². The third kappa shape index (κ3) is 2.92. The van der Waals surface area contributed by atoms with Gasteiger partial charge in [-0.3, -0.25) is 4.90 Å². The molecular formula is C12H24N2O. The predicted octanol–water partition coefficient (Wildman–Crippen LogP) is 0.817. The molecular weight excluding hydrogens is 188 g/mol. The fraction of sp³-hybridized carbons (Fsp3) is 1.00. The van der Waals surface area contributed by atoms with Gasteiger partial charge in [0.25, 0.3) is 0 Å². The molecule has 1 aliphatic carbocycles. The first kappa shape index (κ1) is 11.4. The Morgan fingerprint density at radius 1 is 1.40 bits per heavy atom. The van der Waals surface area contributed by atoms with E-state index in [1.807, 2.05) is 0 Å². The van der Waals surface area contributed by atoms with Crippen LogP contribution in [0, 0.1) is 11.8 Å². The lowest BCUT2D eigenvalue weighted by molar-refractivity contribution is 0.0924. The molecule has 1 saturated carbocycles. The van der Waals surface area contributed by atoms with Gasteiger partial charge in [0, 0.05) is 31.8 Å². The minimum absolute atomic E-state index is 0.309. The van der Waals surface area contributed by atoms with Crippen molar-refractivity contribution in [1.29, 1.82) is 0 Å². The lowest BCUT2D eigenvalue weighted by Crippen LogP contribution is -2.51. The molecule has 1 aliphatic heterocycles. The Morgan fingerprint density at radius 3 is 2.73 bits per heavy atom. The van der Waals surface area contributed by atoms with Crippen LogP contribution in [0.25, 0.3) is 0 Å². The lowest BCUT2D eigenvalue weighted by atomic mass is 9.91. The second-order valence-electron chi connectivity index (χ2n) is 5.41. The molecule has 15 heavy (non-hydrogen) atoms. The molecule has 3 atom stereocenters. The van der Waals surface area contributed by atoms with Crippen LogP contribution >= 0.6 is 0 Å². The van der Waals surface area contributed by atoms with Gasteiger partial charge in [-0.25, -0.2) is 0 Å². The van der Waals surface area contributed by atoms with Gasteiger partial charge in [0.15, 0.2) is 0 Å². The first-order valence-corrected chi connectivity index (χ1v) is 6.31. The normalized spacial score (nSPS) is 35.4. The number of nitrogens with two attached hydrogens (primary N) is 1. The molecule has 3 nitrogen and oxygen atoms in total. The van der Waals surface area contributed by atoms with Gasteiger partial charge in [0.2, 0.25) is 0 Å². The van der Waals surface area contributed by atoms with Gasteiger partial charge in [0.1, 0.15) is 0 Å². The van der Waals surface area contributed by atoms with Crippen molar-refractivity contribution in [3.05, 3.63) is 0 Å². The maximum absolute atomic E-state index is 8.99. The summed E-state index contributed by atoms with van der Waals surface area (Å²) in [6, 6.07) is 1.02. The summed E-state index contributed by atoms with van der Waals surface area (Å²) in [5.41, 5.74) is 6.08. The molecule has 2 aliphatic rings. The average Bonchev–Trinajstić information content (AvgIpc) is 2.99. The van der Waals surface area contributed by atoms with Crippen LogP contribution in [0.5, 0.6) is 0 Å². The summed E-state index contributed by atoms with van der Waals surface area (Å²) in [4.78, 5) is 2.55. The zero-order valence-electron chi connectivity index (χ0n) is 9.73. The van der Waals surface area contributed by atoms with Crippen LogP contribution in [-0.4, -0.2) is 41.8 Å². The SMILES string of the molecule is CC(C1CC1)N1CC(N)CC(CCO)C1. The van der Waals surface area contributed by atoms with Crippen LogP contribution in [0.15, 0.2) is 0 Å². The largest absolute Gasteiger partial charge is 0.396 e. The summed E-state index contributed by atoms with van der Waals surface area (Å²) in [6.07, 6.45) is 4.81. The number of piperidine rings is 1. The fourth-order valence-electron chi connectivity index (χ4n) is 2.89. The van der Waals surface area contributed by atoms with Crippen LogP contribution in [0.3, 0.4) is 0 Å². The molecule has 0 amide bonds.